The Morgan fingerprint density at radius 3 is 2.79 bits per heavy atom. The van der Waals surface area contributed by atoms with E-state index in [9.17, 15) is 4.79 Å². The number of nitrogens with one attached hydrogen (secondary N) is 1. The summed E-state index contributed by atoms with van der Waals surface area (Å²) in [6.45, 7) is 4.27. The molecule has 1 saturated carbocycles. The predicted molar refractivity (Wildman–Crippen MR) is 77.8 cm³/mol. The van der Waals surface area contributed by atoms with Crippen molar-refractivity contribution in [1.29, 1.82) is 0 Å². The van der Waals surface area contributed by atoms with E-state index in [2.05, 4.69) is 10.2 Å². The third kappa shape index (κ3) is 3.29. The summed E-state index contributed by atoms with van der Waals surface area (Å²) < 4.78 is 0. The highest BCUT2D eigenvalue weighted by Gasteiger charge is 2.35. The molecule has 0 aromatic carbocycles. The molecule has 0 bridgehead atoms. The van der Waals surface area contributed by atoms with Gasteiger partial charge in [-0.25, -0.2) is 0 Å². The molecule has 1 heterocycles. The minimum atomic E-state index is -0.550. The molecule has 2 aliphatic rings. The number of amides is 1. The topological polar surface area (TPSA) is 58.4 Å². The highest BCUT2D eigenvalue weighted by molar-refractivity contribution is 5.84. The van der Waals surface area contributed by atoms with Crippen molar-refractivity contribution in [2.75, 3.05) is 20.1 Å². The Morgan fingerprint density at radius 2 is 2.11 bits per heavy atom. The molecule has 3 unspecified atom stereocenters. The van der Waals surface area contributed by atoms with Gasteiger partial charge in [0.05, 0.1) is 5.54 Å². The Morgan fingerprint density at radius 1 is 1.37 bits per heavy atom. The van der Waals surface area contributed by atoms with E-state index < -0.39 is 5.54 Å². The van der Waals surface area contributed by atoms with Gasteiger partial charge in [-0.15, -0.1) is 0 Å². The highest BCUT2D eigenvalue weighted by Crippen LogP contribution is 2.36. The fraction of sp³-hybridized carbons (Fsp3) is 0.933. The van der Waals surface area contributed by atoms with Crippen LogP contribution in [0.2, 0.25) is 0 Å². The molecule has 19 heavy (non-hydrogen) atoms. The number of carbonyl (C=O) groups is 1. The van der Waals surface area contributed by atoms with Gasteiger partial charge < -0.3 is 16.0 Å². The molecule has 3 atom stereocenters. The Hall–Kier alpha value is -0.610. The first-order valence-electron chi connectivity index (χ1n) is 7.80. The first kappa shape index (κ1) is 14.8. The second kappa shape index (κ2) is 6.23. The standard InChI is InChI=1S/C15H29N3O/c1-15(17-2,14(16)19)9-5-10-18-11-8-12-6-3-4-7-13(12)18/h12-13,17H,3-11H2,1-2H3,(H2,16,19). The Balaban J connectivity index is 1.78. The third-order valence-electron chi connectivity index (χ3n) is 5.34. The average Bonchev–Trinajstić information content (AvgIpc) is 2.82. The van der Waals surface area contributed by atoms with E-state index in [0.717, 1.165) is 31.3 Å². The van der Waals surface area contributed by atoms with Crippen LogP contribution in [0.5, 0.6) is 0 Å². The van der Waals surface area contributed by atoms with Gasteiger partial charge in [-0.05, 0) is 65.1 Å². The number of nitrogens with zero attached hydrogens (tertiary/aromatic N) is 1. The SMILES string of the molecule is CNC(C)(CCCN1CCC2CCCCC21)C(N)=O. The number of likely N-dealkylation sites (tertiary alicyclic amines) is 1. The van der Waals surface area contributed by atoms with Crippen molar-refractivity contribution in [3.8, 4) is 0 Å². The van der Waals surface area contributed by atoms with Crippen LogP contribution in [0.1, 0.15) is 51.9 Å². The second-order valence-electron chi connectivity index (χ2n) is 6.49. The lowest BCUT2D eigenvalue weighted by Gasteiger charge is -2.32. The first-order valence-corrected chi connectivity index (χ1v) is 7.80. The minimum Gasteiger partial charge on any atom is -0.368 e. The Labute approximate surface area is 117 Å². The summed E-state index contributed by atoms with van der Waals surface area (Å²) >= 11 is 0. The molecular weight excluding hydrogens is 238 g/mol. The molecule has 0 aromatic heterocycles. The normalized spacial score (nSPS) is 30.8. The molecule has 0 radical (unpaired) electrons. The van der Waals surface area contributed by atoms with Crippen molar-refractivity contribution in [2.45, 2.75) is 63.5 Å². The smallest absolute Gasteiger partial charge is 0.237 e. The van der Waals surface area contributed by atoms with Gasteiger partial charge in [0.15, 0.2) is 0 Å². The number of carbonyl (C=O) groups excluding carboxylic acids is 1. The largest absolute Gasteiger partial charge is 0.368 e. The lowest BCUT2D eigenvalue weighted by molar-refractivity contribution is -0.123. The van der Waals surface area contributed by atoms with Crippen molar-refractivity contribution in [2.24, 2.45) is 11.7 Å². The number of nitrogens with two attached hydrogens (primary N) is 1. The summed E-state index contributed by atoms with van der Waals surface area (Å²) in [5, 5.41) is 3.07. The zero-order valence-electron chi connectivity index (χ0n) is 12.5. The minimum absolute atomic E-state index is 0.244. The van der Waals surface area contributed by atoms with Gasteiger partial charge in [0.25, 0.3) is 0 Å². The molecule has 4 nitrogen and oxygen atoms in total. The molecule has 0 aromatic rings. The van der Waals surface area contributed by atoms with Crippen LogP contribution in [0.15, 0.2) is 0 Å². The molecule has 3 N–H and O–H groups in total. The van der Waals surface area contributed by atoms with E-state index in [0.29, 0.717) is 0 Å². The van der Waals surface area contributed by atoms with Crippen LogP contribution in [0.3, 0.4) is 0 Å². The molecule has 110 valence electrons. The monoisotopic (exact) mass is 267 g/mol. The summed E-state index contributed by atoms with van der Waals surface area (Å²) in [7, 11) is 1.82. The number of hydrogen-bond donors (Lipinski definition) is 2. The van der Waals surface area contributed by atoms with Crippen LogP contribution >= 0.6 is 0 Å². The van der Waals surface area contributed by atoms with Gasteiger partial charge >= 0.3 is 0 Å². The molecule has 1 amide bonds. The first-order chi connectivity index (χ1) is 9.07. The van der Waals surface area contributed by atoms with E-state index in [4.69, 9.17) is 5.73 Å². The summed E-state index contributed by atoms with van der Waals surface area (Å²) in [5.41, 5.74) is 4.92. The van der Waals surface area contributed by atoms with Crippen molar-refractivity contribution >= 4 is 5.91 Å². The van der Waals surface area contributed by atoms with Gasteiger partial charge in [0, 0.05) is 6.04 Å². The van der Waals surface area contributed by atoms with Crippen LogP contribution < -0.4 is 11.1 Å². The number of hydrogen-bond acceptors (Lipinski definition) is 3. The molecule has 2 rings (SSSR count). The summed E-state index contributed by atoms with van der Waals surface area (Å²) in [6.07, 6.45) is 8.88. The highest BCUT2D eigenvalue weighted by atomic mass is 16.1. The maximum atomic E-state index is 11.5. The zero-order valence-corrected chi connectivity index (χ0v) is 12.5. The van der Waals surface area contributed by atoms with Crippen LogP contribution in [0.4, 0.5) is 0 Å². The maximum Gasteiger partial charge on any atom is 0.237 e. The van der Waals surface area contributed by atoms with E-state index in [-0.39, 0.29) is 5.91 Å². The lowest BCUT2D eigenvalue weighted by atomic mass is 9.85. The van der Waals surface area contributed by atoms with Gasteiger partial charge in [-0.3, -0.25) is 4.79 Å². The molecule has 1 aliphatic heterocycles. The van der Waals surface area contributed by atoms with E-state index in [1.54, 1.807) is 0 Å². The number of primary amides is 1. The Bertz CT molecular complexity index is 321. The molecule has 2 fully saturated rings. The van der Waals surface area contributed by atoms with E-state index >= 15 is 0 Å². The maximum absolute atomic E-state index is 11.5. The predicted octanol–water partition coefficient (Wildman–Crippen LogP) is 1.49. The van der Waals surface area contributed by atoms with Crippen LogP contribution in [-0.4, -0.2) is 42.5 Å². The van der Waals surface area contributed by atoms with E-state index in [1.807, 2.05) is 14.0 Å². The molecule has 4 heteroatoms. The van der Waals surface area contributed by atoms with Crippen molar-refractivity contribution in [3.63, 3.8) is 0 Å². The van der Waals surface area contributed by atoms with Gasteiger partial charge in [0.1, 0.15) is 0 Å². The van der Waals surface area contributed by atoms with Crippen molar-refractivity contribution < 1.29 is 4.79 Å². The van der Waals surface area contributed by atoms with Gasteiger partial charge in [0.2, 0.25) is 5.91 Å². The zero-order chi connectivity index (χ0) is 13.9. The fourth-order valence-electron chi connectivity index (χ4n) is 3.79. The number of likely N-dealkylation sites (N-methyl/N-ethyl adjacent to an activating group) is 1. The summed E-state index contributed by atoms with van der Waals surface area (Å²) in [5.74, 6) is 0.701. The average molecular weight is 267 g/mol. The van der Waals surface area contributed by atoms with Crippen LogP contribution in [0, 0.1) is 5.92 Å². The molecule has 1 saturated heterocycles. The van der Waals surface area contributed by atoms with Crippen LogP contribution in [0.25, 0.3) is 0 Å². The quantitative estimate of drug-likeness (QED) is 0.766. The van der Waals surface area contributed by atoms with Crippen molar-refractivity contribution in [3.05, 3.63) is 0 Å². The molecule has 1 aliphatic carbocycles. The lowest BCUT2D eigenvalue weighted by Crippen LogP contribution is -2.51. The number of fused-ring (bicyclic) bond motifs is 1. The van der Waals surface area contributed by atoms with Crippen LogP contribution in [-0.2, 0) is 4.79 Å². The number of rotatable bonds is 6. The van der Waals surface area contributed by atoms with E-state index in [1.165, 1.54) is 38.6 Å². The van der Waals surface area contributed by atoms with Crippen molar-refractivity contribution in [1.82, 2.24) is 10.2 Å². The molecular formula is C15H29N3O. The van der Waals surface area contributed by atoms with Gasteiger partial charge in [-0.2, -0.15) is 0 Å². The summed E-state index contributed by atoms with van der Waals surface area (Å²) in [6, 6.07) is 0.822. The fourth-order valence-corrected chi connectivity index (χ4v) is 3.79. The Kier molecular flexibility index (Phi) is 4.85. The molecule has 0 spiro atoms. The third-order valence-corrected chi connectivity index (χ3v) is 5.34. The summed E-state index contributed by atoms with van der Waals surface area (Å²) in [4.78, 5) is 14.1. The second-order valence-corrected chi connectivity index (χ2v) is 6.49. The van der Waals surface area contributed by atoms with Gasteiger partial charge in [-0.1, -0.05) is 12.8 Å².